The highest BCUT2D eigenvalue weighted by Gasteiger charge is 2.62. The highest BCUT2D eigenvalue weighted by molar-refractivity contribution is 4.93. The van der Waals surface area contributed by atoms with Gasteiger partial charge < -0.3 is 5.73 Å². The summed E-state index contributed by atoms with van der Waals surface area (Å²) in [6, 6.07) is 0. The van der Waals surface area contributed by atoms with Crippen LogP contribution in [0, 0.1) is 0 Å². The topological polar surface area (TPSA) is 52.0 Å². The molecule has 0 rings (SSSR count). The molecule has 0 saturated carbocycles. The number of nitrogens with two attached hydrogens (primary N) is 2. The molecule has 0 heterocycles. The van der Waals surface area contributed by atoms with Gasteiger partial charge in [0.25, 0.3) is 0 Å². The summed E-state index contributed by atoms with van der Waals surface area (Å²) in [5, 5.41) is 0. The van der Waals surface area contributed by atoms with Gasteiger partial charge in [0.15, 0.2) is 6.30 Å². The molecule has 80 valence electrons. The summed E-state index contributed by atoms with van der Waals surface area (Å²) in [6.45, 7) is -1.78. The van der Waals surface area contributed by atoms with Gasteiger partial charge in [0.05, 0.1) is 6.54 Å². The van der Waals surface area contributed by atoms with Crippen LogP contribution in [0.4, 0.5) is 26.3 Å². The van der Waals surface area contributed by atoms with Gasteiger partial charge in [-0.25, -0.2) is 8.78 Å². The van der Waals surface area contributed by atoms with E-state index in [9.17, 15) is 26.3 Å². The molecule has 0 aliphatic carbocycles. The molecular weight excluding hydrogens is 202 g/mol. The Hall–Kier alpha value is -0.500. The summed E-state index contributed by atoms with van der Waals surface area (Å²) >= 11 is 0. The third kappa shape index (κ3) is 2.25. The molecule has 0 aliphatic rings. The zero-order valence-corrected chi connectivity index (χ0v) is 6.28. The number of halogens is 6. The van der Waals surface area contributed by atoms with Crippen LogP contribution in [-0.2, 0) is 0 Å². The molecule has 2 atom stereocenters. The Balaban J connectivity index is 4.74. The van der Waals surface area contributed by atoms with Crippen molar-refractivity contribution < 1.29 is 26.3 Å². The van der Waals surface area contributed by atoms with Crippen LogP contribution >= 0.6 is 0 Å². The van der Waals surface area contributed by atoms with E-state index >= 15 is 0 Å². The van der Waals surface area contributed by atoms with Crippen molar-refractivity contribution in [1.29, 1.82) is 0 Å². The van der Waals surface area contributed by atoms with Gasteiger partial charge in [-0.05, 0) is 0 Å². The molecule has 0 saturated heterocycles. The second kappa shape index (κ2) is 3.70. The molecule has 0 fully saturated rings. The van der Waals surface area contributed by atoms with Gasteiger partial charge in [-0.3, -0.25) is 5.73 Å². The van der Waals surface area contributed by atoms with Crippen molar-refractivity contribution in [2.24, 2.45) is 11.5 Å². The van der Waals surface area contributed by atoms with Gasteiger partial charge >= 0.3 is 11.8 Å². The standard InChI is InChI=1S/C5H8F6N2/c6-2(3(7)13)5(10,11)4(8,9)1-12/h2-3H,1,12-13H2. The molecular formula is C5H8F6N2. The lowest BCUT2D eigenvalue weighted by molar-refractivity contribution is -0.242. The third-order valence-electron chi connectivity index (χ3n) is 1.37. The summed E-state index contributed by atoms with van der Waals surface area (Å²) in [4.78, 5) is 0. The zero-order chi connectivity index (χ0) is 10.9. The monoisotopic (exact) mass is 210 g/mol. The molecule has 4 N–H and O–H groups in total. The molecule has 13 heavy (non-hydrogen) atoms. The van der Waals surface area contributed by atoms with E-state index in [1.54, 1.807) is 0 Å². The van der Waals surface area contributed by atoms with Crippen LogP contribution in [-0.4, -0.2) is 30.9 Å². The molecule has 0 aromatic carbocycles. The van der Waals surface area contributed by atoms with Crippen molar-refractivity contribution in [1.82, 2.24) is 0 Å². The first kappa shape index (κ1) is 12.5. The molecule has 0 aliphatic heterocycles. The maximum Gasteiger partial charge on any atom is 0.346 e. The normalized spacial score (nSPS) is 18.5. The van der Waals surface area contributed by atoms with E-state index in [4.69, 9.17) is 0 Å². The minimum atomic E-state index is -5.20. The second-order valence-electron chi connectivity index (χ2n) is 2.38. The van der Waals surface area contributed by atoms with Gasteiger partial charge in [0, 0.05) is 0 Å². The third-order valence-corrected chi connectivity index (χ3v) is 1.37. The largest absolute Gasteiger partial charge is 0.346 e. The summed E-state index contributed by atoms with van der Waals surface area (Å²) in [6.07, 6.45) is -6.95. The summed E-state index contributed by atoms with van der Waals surface area (Å²) in [7, 11) is 0. The predicted molar refractivity (Wildman–Crippen MR) is 32.9 cm³/mol. The molecule has 8 heteroatoms. The Morgan fingerprint density at radius 3 is 1.69 bits per heavy atom. The van der Waals surface area contributed by atoms with Crippen molar-refractivity contribution in [3.63, 3.8) is 0 Å². The van der Waals surface area contributed by atoms with Gasteiger partial charge in [-0.2, -0.15) is 17.6 Å². The van der Waals surface area contributed by atoms with E-state index in [0.29, 0.717) is 0 Å². The van der Waals surface area contributed by atoms with Crippen LogP contribution in [0.3, 0.4) is 0 Å². The first-order valence-electron chi connectivity index (χ1n) is 3.16. The smallest absolute Gasteiger partial charge is 0.325 e. The van der Waals surface area contributed by atoms with E-state index < -0.39 is 30.9 Å². The van der Waals surface area contributed by atoms with Crippen molar-refractivity contribution in [2.45, 2.75) is 24.3 Å². The van der Waals surface area contributed by atoms with Crippen LogP contribution in [0.2, 0.25) is 0 Å². The molecule has 0 bridgehead atoms. The van der Waals surface area contributed by atoms with Crippen molar-refractivity contribution in [2.75, 3.05) is 6.54 Å². The van der Waals surface area contributed by atoms with Gasteiger partial charge in [-0.1, -0.05) is 0 Å². The highest BCUT2D eigenvalue weighted by Crippen LogP contribution is 2.38. The predicted octanol–water partition coefficient (Wildman–Crippen LogP) is 0.808. The summed E-state index contributed by atoms with van der Waals surface area (Å²) < 4.78 is 73.1. The Kier molecular flexibility index (Phi) is 3.56. The number of hydrogen-bond acceptors (Lipinski definition) is 2. The van der Waals surface area contributed by atoms with Crippen LogP contribution in [0.5, 0.6) is 0 Å². The van der Waals surface area contributed by atoms with E-state index in [1.165, 1.54) is 0 Å². The molecule has 0 spiro atoms. The highest BCUT2D eigenvalue weighted by atomic mass is 19.3. The maximum absolute atomic E-state index is 12.3. The van der Waals surface area contributed by atoms with Crippen molar-refractivity contribution in [3.8, 4) is 0 Å². The van der Waals surface area contributed by atoms with Gasteiger partial charge in [0.2, 0.25) is 6.17 Å². The van der Waals surface area contributed by atoms with E-state index in [-0.39, 0.29) is 0 Å². The Bertz CT molecular complexity index is 170. The lowest BCUT2D eigenvalue weighted by atomic mass is 10.1. The van der Waals surface area contributed by atoms with Crippen LogP contribution in [0.15, 0.2) is 0 Å². The molecule has 0 aromatic heterocycles. The summed E-state index contributed by atoms with van der Waals surface area (Å²) in [5.41, 5.74) is 8.35. The quantitative estimate of drug-likeness (QED) is 0.532. The summed E-state index contributed by atoms with van der Waals surface area (Å²) in [5.74, 6) is -10.0. The molecule has 0 radical (unpaired) electrons. The van der Waals surface area contributed by atoms with Crippen molar-refractivity contribution >= 4 is 0 Å². The average molecular weight is 210 g/mol. The molecule has 2 unspecified atom stereocenters. The SMILES string of the molecule is NCC(F)(F)C(F)(F)C(F)C(N)F. The van der Waals surface area contributed by atoms with E-state index in [2.05, 4.69) is 11.5 Å². The van der Waals surface area contributed by atoms with Crippen molar-refractivity contribution in [3.05, 3.63) is 0 Å². The Morgan fingerprint density at radius 1 is 1.08 bits per heavy atom. The van der Waals surface area contributed by atoms with Gasteiger partial charge in [0.1, 0.15) is 0 Å². The van der Waals surface area contributed by atoms with Crippen LogP contribution < -0.4 is 11.5 Å². The fraction of sp³-hybridized carbons (Fsp3) is 1.00. The first-order chi connectivity index (χ1) is 5.66. The molecule has 2 nitrogen and oxygen atoms in total. The minimum Gasteiger partial charge on any atom is -0.325 e. The average Bonchev–Trinajstić information content (AvgIpc) is 2.02. The van der Waals surface area contributed by atoms with Crippen LogP contribution in [0.25, 0.3) is 0 Å². The van der Waals surface area contributed by atoms with E-state index in [0.717, 1.165) is 0 Å². The molecule has 0 aromatic rings. The Labute approximate surface area is 69.9 Å². The lowest BCUT2D eigenvalue weighted by Gasteiger charge is -2.28. The Morgan fingerprint density at radius 2 is 1.46 bits per heavy atom. The fourth-order valence-electron chi connectivity index (χ4n) is 0.538. The zero-order valence-electron chi connectivity index (χ0n) is 6.28. The fourth-order valence-corrected chi connectivity index (χ4v) is 0.538. The molecule has 0 amide bonds. The van der Waals surface area contributed by atoms with Gasteiger partial charge in [-0.15, -0.1) is 0 Å². The maximum atomic E-state index is 12.3. The van der Waals surface area contributed by atoms with Crippen LogP contribution in [0.1, 0.15) is 0 Å². The lowest BCUT2D eigenvalue weighted by Crippen LogP contribution is -2.56. The minimum absolute atomic E-state index is 1.78. The number of hydrogen-bond donors (Lipinski definition) is 2. The first-order valence-corrected chi connectivity index (χ1v) is 3.16. The number of rotatable bonds is 4. The number of alkyl halides is 6. The van der Waals surface area contributed by atoms with E-state index in [1.807, 2.05) is 0 Å². The second-order valence-corrected chi connectivity index (χ2v) is 2.38.